The first kappa shape index (κ1) is 14.0. The van der Waals surface area contributed by atoms with Crippen molar-refractivity contribution >= 4 is 33.2 Å². The van der Waals surface area contributed by atoms with Gasteiger partial charge in [0.2, 0.25) is 0 Å². The minimum Gasteiger partial charge on any atom is -0.483 e. The van der Waals surface area contributed by atoms with Gasteiger partial charge in [-0.3, -0.25) is 4.79 Å². The number of nitrogens with zero attached hydrogens (tertiary/aromatic N) is 1. The maximum absolute atomic E-state index is 11.7. The van der Waals surface area contributed by atoms with Crippen molar-refractivity contribution in [3.05, 3.63) is 44.8 Å². The molecule has 1 aromatic carbocycles. The average Bonchev–Trinajstić information content (AvgIpc) is 2.81. The normalized spacial score (nSPS) is 10.2. The second kappa shape index (κ2) is 6.68. The second-order valence-corrected chi connectivity index (χ2v) is 5.65. The van der Waals surface area contributed by atoms with E-state index in [0.29, 0.717) is 12.3 Å². The lowest BCUT2D eigenvalue weighted by molar-refractivity contribution is -0.123. The Kier molecular flexibility index (Phi) is 4.93. The molecule has 1 aromatic heterocycles. The Balaban J connectivity index is 1.79. The molecular weight excluding hydrogens is 328 g/mol. The lowest BCUT2D eigenvalue weighted by Crippen LogP contribution is -2.28. The van der Waals surface area contributed by atoms with Gasteiger partial charge in [-0.2, -0.15) is 0 Å². The van der Waals surface area contributed by atoms with Gasteiger partial charge in [0.25, 0.3) is 5.91 Å². The summed E-state index contributed by atoms with van der Waals surface area (Å²) in [4.78, 5) is 16.9. The van der Waals surface area contributed by atoms with Gasteiger partial charge >= 0.3 is 0 Å². The van der Waals surface area contributed by atoms with Crippen molar-refractivity contribution in [2.75, 3.05) is 6.61 Å². The molecule has 19 heavy (non-hydrogen) atoms. The van der Waals surface area contributed by atoms with Gasteiger partial charge in [-0.05, 0) is 35.0 Å². The summed E-state index contributed by atoms with van der Waals surface area (Å²) in [7, 11) is 0. The highest BCUT2D eigenvalue weighted by Gasteiger charge is 2.07. The quantitative estimate of drug-likeness (QED) is 0.910. The molecule has 0 bridgehead atoms. The molecule has 0 unspecified atom stereocenters. The van der Waals surface area contributed by atoms with Gasteiger partial charge in [-0.25, -0.2) is 4.98 Å². The third-order valence-corrected chi connectivity index (χ3v) is 4.08. The molecule has 0 saturated heterocycles. The Hall–Kier alpha value is -1.40. The second-order valence-electron chi connectivity index (χ2n) is 3.86. The predicted octanol–water partition coefficient (Wildman–Crippen LogP) is 2.91. The van der Waals surface area contributed by atoms with E-state index < -0.39 is 0 Å². The highest BCUT2D eigenvalue weighted by Crippen LogP contribution is 2.23. The van der Waals surface area contributed by atoms with E-state index in [2.05, 4.69) is 26.2 Å². The van der Waals surface area contributed by atoms with Crippen LogP contribution in [0.4, 0.5) is 0 Å². The van der Waals surface area contributed by atoms with Gasteiger partial charge in [-0.15, -0.1) is 11.3 Å². The van der Waals surface area contributed by atoms with Crippen LogP contribution in [0.2, 0.25) is 0 Å². The number of aromatic nitrogens is 1. The summed E-state index contributed by atoms with van der Waals surface area (Å²) in [6.07, 6.45) is 0. The number of hydrogen-bond acceptors (Lipinski definition) is 4. The molecule has 1 amide bonds. The highest BCUT2D eigenvalue weighted by atomic mass is 79.9. The summed E-state index contributed by atoms with van der Waals surface area (Å²) in [6.45, 7) is 2.42. The maximum atomic E-state index is 11.7. The fourth-order valence-corrected chi connectivity index (χ4v) is 2.55. The number of carbonyl (C=O) groups is 1. The van der Waals surface area contributed by atoms with Crippen LogP contribution in [0.1, 0.15) is 10.6 Å². The smallest absolute Gasteiger partial charge is 0.258 e. The van der Waals surface area contributed by atoms with Crippen molar-refractivity contribution in [1.29, 1.82) is 0 Å². The zero-order chi connectivity index (χ0) is 13.7. The summed E-state index contributed by atoms with van der Waals surface area (Å²) < 4.78 is 6.26. The van der Waals surface area contributed by atoms with E-state index in [-0.39, 0.29) is 12.5 Å². The number of benzene rings is 1. The number of hydrogen-bond donors (Lipinski definition) is 1. The van der Waals surface area contributed by atoms with E-state index in [1.165, 1.54) is 11.3 Å². The number of ether oxygens (including phenoxy) is 1. The van der Waals surface area contributed by atoms with Gasteiger partial charge in [0.15, 0.2) is 6.61 Å². The lowest BCUT2D eigenvalue weighted by Gasteiger charge is -2.08. The van der Waals surface area contributed by atoms with Crippen molar-refractivity contribution in [2.45, 2.75) is 13.5 Å². The Bertz CT molecular complexity index is 571. The summed E-state index contributed by atoms with van der Waals surface area (Å²) in [5, 5.41) is 2.81. The fourth-order valence-electron chi connectivity index (χ4n) is 1.43. The molecule has 2 aromatic rings. The van der Waals surface area contributed by atoms with Crippen LogP contribution in [0.15, 0.2) is 34.2 Å². The Morgan fingerprint density at radius 1 is 1.47 bits per heavy atom. The Morgan fingerprint density at radius 2 is 2.26 bits per heavy atom. The number of para-hydroxylation sites is 1. The largest absolute Gasteiger partial charge is 0.483 e. The van der Waals surface area contributed by atoms with E-state index >= 15 is 0 Å². The number of rotatable bonds is 5. The third kappa shape index (κ3) is 4.04. The molecule has 0 aliphatic rings. The van der Waals surface area contributed by atoms with Crippen LogP contribution in [0.5, 0.6) is 5.75 Å². The summed E-state index contributed by atoms with van der Waals surface area (Å²) in [5.41, 5.74) is 2.73. The molecule has 1 N–H and O–H groups in total. The van der Waals surface area contributed by atoms with Crippen LogP contribution in [0.25, 0.3) is 0 Å². The van der Waals surface area contributed by atoms with E-state index in [4.69, 9.17) is 4.74 Å². The highest BCUT2D eigenvalue weighted by molar-refractivity contribution is 9.10. The minimum absolute atomic E-state index is 0.000461. The van der Waals surface area contributed by atoms with Crippen LogP contribution >= 0.6 is 27.3 Å². The van der Waals surface area contributed by atoms with Crippen molar-refractivity contribution in [3.8, 4) is 5.75 Å². The zero-order valence-corrected chi connectivity index (χ0v) is 12.8. The Labute approximate surface area is 124 Å². The van der Waals surface area contributed by atoms with Crippen LogP contribution in [0, 0.1) is 6.92 Å². The lowest BCUT2D eigenvalue weighted by atomic mass is 10.3. The van der Waals surface area contributed by atoms with E-state index in [1.54, 1.807) is 5.51 Å². The first-order chi connectivity index (χ1) is 9.16. The summed E-state index contributed by atoms with van der Waals surface area (Å²) >= 11 is 4.90. The first-order valence-corrected chi connectivity index (χ1v) is 7.37. The summed E-state index contributed by atoms with van der Waals surface area (Å²) in [5.74, 6) is 0.509. The molecule has 0 aliphatic heterocycles. The molecule has 0 spiro atoms. The van der Waals surface area contributed by atoms with Gasteiger partial charge < -0.3 is 10.1 Å². The number of thiazole rings is 1. The van der Waals surface area contributed by atoms with Crippen molar-refractivity contribution in [3.63, 3.8) is 0 Å². The van der Waals surface area contributed by atoms with Gasteiger partial charge in [-0.1, -0.05) is 12.1 Å². The van der Waals surface area contributed by atoms with Crippen molar-refractivity contribution in [2.24, 2.45) is 0 Å². The SMILES string of the molecule is Cc1ncsc1CNC(=O)COc1ccccc1Br. The summed E-state index contributed by atoms with van der Waals surface area (Å²) in [6, 6.07) is 7.43. The molecule has 4 nitrogen and oxygen atoms in total. The number of nitrogens with one attached hydrogen (secondary N) is 1. The zero-order valence-electron chi connectivity index (χ0n) is 10.4. The van der Waals surface area contributed by atoms with E-state index in [9.17, 15) is 4.79 Å². The molecule has 0 saturated carbocycles. The van der Waals surface area contributed by atoms with Gasteiger partial charge in [0.05, 0.1) is 22.2 Å². The molecule has 0 aliphatic carbocycles. The topological polar surface area (TPSA) is 51.2 Å². The molecule has 0 radical (unpaired) electrons. The van der Waals surface area contributed by atoms with Crippen LogP contribution in [0.3, 0.4) is 0 Å². The van der Waals surface area contributed by atoms with Crippen LogP contribution < -0.4 is 10.1 Å². The number of halogens is 1. The average molecular weight is 341 g/mol. The van der Waals surface area contributed by atoms with Gasteiger partial charge in [0.1, 0.15) is 5.75 Å². The molecule has 0 atom stereocenters. The number of aryl methyl sites for hydroxylation is 1. The van der Waals surface area contributed by atoms with Crippen LogP contribution in [-0.4, -0.2) is 17.5 Å². The standard InChI is InChI=1S/C13H13BrN2O2S/c1-9-12(19-8-16-9)6-15-13(17)7-18-11-5-3-2-4-10(11)14/h2-5,8H,6-7H2,1H3,(H,15,17). The first-order valence-electron chi connectivity index (χ1n) is 5.70. The van der Waals surface area contributed by atoms with Crippen molar-refractivity contribution in [1.82, 2.24) is 10.3 Å². The number of carbonyl (C=O) groups excluding carboxylic acids is 1. The van der Waals surface area contributed by atoms with Gasteiger partial charge in [0, 0.05) is 4.88 Å². The fraction of sp³-hybridized carbons (Fsp3) is 0.231. The molecule has 0 fully saturated rings. The predicted molar refractivity (Wildman–Crippen MR) is 78.3 cm³/mol. The minimum atomic E-state index is -0.149. The molecule has 100 valence electrons. The molecule has 2 rings (SSSR count). The van der Waals surface area contributed by atoms with Crippen LogP contribution in [-0.2, 0) is 11.3 Å². The third-order valence-electron chi connectivity index (χ3n) is 2.49. The Morgan fingerprint density at radius 3 is 2.95 bits per heavy atom. The monoisotopic (exact) mass is 340 g/mol. The molecule has 6 heteroatoms. The molecule has 1 heterocycles. The van der Waals surface area contributed by atoms with Crippen molar-refractivity contribution < 1.29 is 9.53 Å². The van der Waals surface area contributed by atoms with E-state index in [1.807, 2.05) is 31.2 Å². The van der Waals surface area contributed by atoms with E-state index in [0.717, 1.165) is 15.0 Å². The molecular formula is C13H13BrN2O2S. The maximum Gasteiger partial charge on any atom is 0.258 e. The number of amides is 1.